The molecule has 0 aromatic rings. The fourth-order valence-corrected chi connectivity index (χ4v) is 3.12. The first-order chi connectivity index (χ1) is 4.77. The van der Waals surface area contributed by atoms with Crippen LogP contribution in [0, 0.1) is 0 Å². The van der Waals surface area contributed by atoms with Crippen molar-refractivity contribution in [1.82, 2.24) is 0 Å². The maximum absolute atomic E-state index is 8.84. The minimum atomic E-state index is -0.244. The van der Waals surface area contributed by atoms with Gasteiger partial charge in [-0.05, 0) is 0 Å². The molecule has 0 amide bonds. The van der Waals surface area contributed by atoms with Gasteiger partial charge in [0.2, 0.25) is 0 Å². The van der Waals surface area contributed by atoms with Crippen LogP contribution < -0.4 is 0 Å². The molecule has 10 heavy (non-hydrogen) atoms. The number of hydrogen-bond acceptors (Lipinski definition) is 1. The van der Waals surface area contributed by atoms with Gasteiger partial charge in [0.15, 0.2) is 0 Å². The van der Waals surface area contributed by atoms with E-state index in [1.165, 1.54) is 17.3 Å². The van der Waals surface area contributed by atoms with Gasteiger partial charge in [-0.2, -0.15) is 0 Å². The van der Waals surface area contributed by atoms with E-state index in [2.05, 4.69) is 11.0 Å². The summed E-state index contributed by atoms with van der Waals surface area (Å²) >= 11 is 0.0869. The third kappa shape index (κ3) is 8.49. The Morgan fingerprint density at radius 2 is 2.30 bits per heavy atom. The molecule has 0 aromatic heterocycles. The van der Waals surface area contributed by atoms with Crippen molar-refractivity contribution in [3.63, 3.8) is 0 Å². The molecular formula is C8H16OTe. The molecule has 1 nitrogen and oxygen atoms in total. The molecule has 0 aliphatic carbocycles. The fraction of sp³-hybridized carbons (Fsp3) is 0.750. The van der Waals surface area contributed by atoms with E-state index in [9.17, 15) is 0 Å². The first-order valence-corrected chi connectivity index (χ1v) is 6.73. The Morgan fingerprint density at radius 3 is 2.80 bits per heavy atom. The van der Waals surface area contributed by atoms with E-state index in [-0.39, 0.29) is 27.0 Å². The zero-order valence-corrected chi connectivity index (χ0v) is 9.04. The molecule has 0 bridgehead atoms. The van der Waals surface area contributed by atoms with E-state index in [0.717, 1.165) is 0 Å². The average Bonchev–Trinajstić information content (AvgIpc) is 1.87. The molecule has 0 aliphatic rings. The van der Waals surface area contributed by atoms with Crippen LogP contribution >= 0.6 is 0 Å². The van der Waals surface area contributed by atoms with Gasteiger partial charge in [-0.1, -0.05) is 0 Å². The molecule has 2 heteroatoms. The quantitative estimate of drug-likeness (QED) is 0.587. The molecule has 0 unspecified atom stereocenters. The number of aliphatic hydroxyl groups is 1. The van der Waals surface area contributed by atoms with E-state index in [0.29, 0.717) is 0 Å². The van der Waals surface area contributed by atoms with E-state index >= 15 is 0 Å². The average molecular weight is 256 g/mol. The van der Waals surface area contributed by atoms with Crippen LogP contribution in [0.15, 0.2) is 10.2 Å². The van der Waals surface area contributed by atoms with E-state index in [1.54, 1.807) is 6.92 Å². The fourth-order valence-electron chi connectivity index (χ4n) is 0.465. The molecule has 0 radical (unpaired) electrons. The van der Waals surface area contributed by atoms with Crippen LogP contribution in [0.1, 0.15) is 26.7 Å². The summed E-state index contributed by atoms with van der Waals surface area (Å²) in [5, 5.41) is 8.84. The molecule has 0 saturated carbocycles. The Kier molecular flexibility index (Phi) is 7.97. The van der Waals surface area contributed by atoms with Gasteiger partial charge in [0.25, 0.3) is 0 Å². The maximum atomic E-state index is 8.84. The van der Waals surface area contributed by atoms with Crippen molar-refractivity contribution >= 4 is 20.9 Å². The van der Waals surface area contributed by atoms with E-state index in [4.69, 9.17) is 5.11 Å². The molecule has 60 valence electrons. The van der Waals surface area contributed by atoms with Gasteiger partial charge in [0, 0.05) is 0 Å². The third-order valence-electron chi connectivity index (χ3n) is 1.07. The van der Waals surface area contributed by atoms with Crippen LogP contribution in [0.4, 0.5) is 0 Å². The van der Waals surface area contributed by atoms with Gasteiger partial charge in [-0.15, -0.1) is 0 Å². The Balaban J connectivity index is 3.02. The van der Waals surface area contributed by atoms with Gasteiger partial charge in [0.1, 0.15) is 0 Å². The summed E-state index contributed by atoms with van der Waals surface area (Å²) in [6, 6.07) is 0. The molecule has 0 aliphatic heterocycles. The van der Waals surface area contributed by atoms with Crippen LogP contribution in [-0.4, -0.2) is 32.1 Å². The molecule has 0 rings (SSSR count). The number of hydrogen-bond donors (Lipinski definition) is 1. The predicted molar refractivity (Wildman–Crippen MR) is 46.3 cm³/mol. The second kappa shape index (κ2) is 7.59. The Hall–Kier alpha value is 0.490. The van der Waals surface area contributed by atoms with Crippen molar-refractivity contribution in [2.45, 2.75) is 37.3 Å². The standard InChI is InChI=1S/C8H16OTe/c1-3-4-6-10-7-5-8(2)9/h5,7-9H,3-4,6H2,1-2H3/b7-5-/t8-/m1/s1. The normalized spacial score (nSPS) is 14.3. The van der Waals surface area contributed by atoms with Crippen LogP contribution in [0.2, 0.25) is 4.47 Å². The number of unbranched alkanes of at least 4 members (excludes halogenated alkanes) is 1. The van der Waals surface area contributed by atoms with Crippen molar-refractivity contribution in [3.05, 3.63) is 10.2 Å². The van der Waals surface area contributed by atoms with Crippen molar-refractivity contribution in [2.75, 3.05) is 0 Å². The zero-order chi connectivity index (χ0) is 7.82. The Morgan fingerprint density at radius 1 is 1.60 bits per heavy atom. The van der Waals surface area contributed by atoms with Crippen molar-refractivity contribution < 1.29 is 5.11 Å². The number of rotatable bonds is 5. The van der Waals surface area contributed by atoms with Crippen LogP contribution in [0.3, 0.4) is 0 Å². The summed E-state index contributed by atoms with van der Waals surface area (Å²) in [5.74, 6) is 0. The van der Waals surface area contributed by atoms with Crippen molar-refractivity contribution in [2.24, 2.45) is 0 Å². The minimum absolute atomic E-state index is 0.0869. The van der Waals surface area contributed by atoms with Gasteiger partial charge in [-0.3, -0.25) is 0 Å². The molecule has 0 fully saturated rings. The topological polar surface area (TPSA) is 20.2 Å². The van der Waals surface area contributed by atoms with Gasteiger partial charge in [-0.25, -0.2) is 0 Å². The van der Waals surface area contributed by atoms with E-state index in [1.807, 2.05) is 6.08 Å². The summed E-state index contributed by atoms with van der Waals surface area (Å²) in [4.78, 5) is 0. The SMILES string of the molecule is CCCC[Te]/C=C\[C@@H](C)O. The second-order valence-corrected chi connectivity index (χ2v) is 5.19. The second-order valence-electron chi connectivity index (χ2n) is 2.29. The monoisotopic (exact) mass is 258 g/mol. The Bertz CT molecular complexity index is 89.3. The summed E-state index contributed by atoms with van der Waals surface area (Å²) in [5.41, 5.74) is 0. The summed E-state index contributed by atoms with van der Waals surface area (Å²) in [7, 11) is 0. The summed E-state index contributed by atoms with van der Waals surface area (Å²) in [6.45, 7) is 4.01. The van der Waals surface area contributed by atoms with Gasteiger partial charge >= 0.3 is 73.5 Å². The molecule has 0 spiro atoms. The van der Waals surface area contributed by atoms with Gasteiger partial charge < -0.3 is 0 Å². The third-order valence-corrected chi connectivity index (χ3v) is 3.56. The molecule has 1 N–H and O–H groups in total. The first-order valence-electron chi connectivity index (χ1n) is 3.73. The molecular weight excluding hydrogens is 240 g/mol. The molecule has 0 heterocycles. The van der Waals surface area contributed by atoms with Crippen molar-refractivity contribution in [3.8, 4) is 0 Å². The molecule has 1 atom stereocenters. The van der Waals surface area contributed by atoms with Crippen LogP contribution in [0.5, 0.6) is 0 Å². The van der Waals surface area contributed by atoms with Crippen LogP contribution in [-0.2, 0) is 0 Å². The summed E-state index contributed by atoms with van der Waals surface area (Å²) in [6.07, 6.45) is 4.31. The van der Waals surface area contributed by atoms with Crippen LogP contribution in [0.25, 0.3) is 0 Å². The number of aliphatic hydroxyl groups excluding tert-OH is 1. The zero-order valence-electron chi connectivity index (χ0n) is 6.71. The predicted octanol–water partition coefficient (Wildman–Crippen LogP) is 1.80. The summed E-state index contributed by atoms with van der Waals surface area (Å²) < 4.78 is 3.57. The van der Waals surface area contributed by atoms with E-state index < -0.39 is 0 Å². The first kappa shape index (κ1) is 10.5. The van der Waals surface area contributed by atoms with Gasteiger partial charge in [0.05, 0.1) is 0 Å². The van der Waals surface area contributed by atoms with Crippen molar-refractivity contribution in [1.29, 1.82) is 0 Å². The molecule has 0 saturated heterocycles. The Labute approximate surface area is 73.6 Å². The molecule has 0 aromatic carbocycles.